The van der Waals surface area contributed by atoms with Gasteiger partial charge in [0.05, 0.1) is 47.4 Å². The number of carbonyl (C=O) groups is 2. The Morgan fingerprint density at radius 1 is 1.25 bits per heavy atom. The van der Waals surface area contributed by atoms with Gasteiger partial charge in [0.2, 0.25) is 0 Å². The lowest BCUT2D eigenvalue weighted by Crippen LogP contribution is -2.40. The van der Waals surface area contributed by atoms with Crippen molar-refractivity contribution >= 4 is 23.1 Å². The molecule has 0 saturated carbocycles. The summed E-state index contributed by atoms with van der Waals surface area (Å²) >= 11 is 0. The van der Waals surface area contributed by atoms with Crippen molar-refractivity contribution in [3.05, 3.63) is 59.7 Å². The van der Waals surface area contributed by atoms with Crippen molar-refractivity contribution < 1.29 is 19.1 Å². The molecule has 0 spiro atoms. The molecule has 1 aliphatic heterocycles. The fraction of sp³-hybridized carbons (Fsp3) is 0.250. The summed E-state index contributed by atoms with van der Waals surface area (Å²) in [6.45, 7) is 3.49. The van der Waals surface area contributed by atoms with Crippen molar-refractivity contribution in [1.29, 1.82) is 5.26 Å². The smallest absolute Gasteiger partial charge is 0.405 e. The standard InChI is InChI=1S/C24H21FN8O3/c1-13-7-15(8-26)30-33(13)23-17(14(2)34)4-5-20(28-23)18-9-27-32-10-16(3-6-22(18)32)31-11-19(25)21(12-31)29-24(35)36/h3-7,9-10,19,21,29H,11-12H2,1-2H3,(H,35,36)/t19-,21-/m0/s1. The lowest BCUT2D eigenvalue weighted by molar-refractivity contribution is 0.101. The van der Waals surface area contributed by atoms with Crippen LogP contribution in [0.25, 0.3) is 22.6 Å². The molecule has 0 bridgehead atoms. The summed E-state index contributed by atoms with van der Waals surface area (Å²) in [6, 6.07) is 9.86. The molecule has 1 saturated heterocycles. The average molecular weight is 488 g/mol. The number of pyridine rings is 2. The normalized spacial score (nSPS) is 17.3. The Bertz CT molecular complexity index is 1550. The molecule has 182 valence electrons. The number of carbonyl (C=O) groups excluding carboxylic acids is 1. The second kappa shape index (κ2) is 8.77. The van der Waals surface area contributed by atoms with Gasteiger partial charge in [0.15, 0.2) is 17.3 Å². The predicted octanol–water partition coefficient (Wildman–Crippen LogP) is 2.76. The SMILES string of the molecule is CC(=O)c1ccc(-c2cnn3cc(N4C[C@H](NC(=O)O)[C@@H](F)C4)ccc23)nc1-n1nc(C#N)cc1C. The molecule has 4 aromatic rings. The minimum absolute atomic E-state index is 0.0654. The average Bonchev–Trinajstić information content (AvgIpc) is 3.54. The van der Waals surface area contributed by atoms with Gasteiger partial charge in [-0.1, -0.05) is 0 Å². The maximum atomic E-state index is 14.3. The van der Waals surface area contributed by atoms with Gasteiger partial charge in [-0.15, -0.1) is 0 Å². The fourth-order valence-corrected chi connectivity index (χ4v) is 4.41. The second-order valence-corrected chi connectivity index (χ2v) is 8.57. The number of ketones is 1. The van der Waals surface area contributed by atoms with Gasteiger partial charge < -0.3 is 15.3 Å². The number of hydrogen-bond donors (Lipinski definition) is 2. The number of nitrogens with zero attached hydrogens (tertiary/aromatic N) is 7. The first-order valence-electron chi connectivity index (χ1n) is 11.1. The number of rotatable bonds is 5. The molecule has 2 atom stereocenters. The number of anilines is 1. The van der Waals surface area contributed by atoms with Crippen LogP contribution in [0.15, 0.2) is 42.7 Å². The Morgan fingerprint density at radius 2 is 2.06 bits per heavy atom. The number of nitrogens with one attached hydrogen (secondary N) is 1. The number of aromatic nitrogens is 5. The molecule has 2 N–H and O–H groups in total. The molecule has 1 aliphatic rings. The molecular weight excluding hydrogens is 467 g/mol. The molecule has 0 radical (unpaired) electrons. The maximum absolute atomic E-state index is 14.3. The third-order valence-corrected chi connectivity index (χ3v) is 6.16. The number of alkyl halides is 1. The Balaban J connectivity index is 1.51. The van der Waals surface area contributed by atoms with E-state index in [9.17, 15) is 19.2 Å². The zero-order chi connectivity index (χ0) is 25.6. The maximum Gasteiger partial charge on any atom is 0.405 e. The quantitative estimate of drug-likeness (QED) is 0.409. The minimum Gasteiger partial charge on any atom is -0.465 e. The zero-order valence-corrected chi connectivity index (χ0v) is 19.4. The van der Waals surface area contributed by atoms with E-state index in [4.69, 9.17) is 10.1 Å². The van der Waals surface area contributed by atoms with Crippen LogP contribution >= 0.6 is 0 Å². The van der Waals surface area contributed by atoms with E-state index < -0.39 is 18.3 Å². The Morgan fingerprint density at radius 3 is 2.75 bits per heavy atom. The van der Waals surface area contributed by atoms with Crippen molar-refractivity contribution in [3.8, 4) is 23.1 Å². The zero-order valence-electron chi connectivity index (χ0n) is 19.4. The molecule has 0 unspecified atom stereocenters. The lowest BCUT2D eigenvalue weighted by atomic mass is 10.1. The predicted molar refractivity (Wildman–Crippen MR) is 127 cm³/mol. The molecule has 0 aliphatic carbocycles. The van der Waals surface area contributed by atoms with E-state index in [2.05, 4.69) is 15.5 Å². The van der Waals surface area contributed by atoms with Crippen LogP contribution in [0, 0.1) is 18.3 Å². The fourth-order valence-electron chi connectivity index (χ4n) is 4.41. The van der Waals surface area contributed by atoms with Crippen LogP contribution in [0.5, 0.6) is 0 Å². The first-order chi connectivity index (χ1) is 17.2. The molecule has 1 amide bonds. The third-order valence-electron chi connectivity index (χ3n) is 6.16. The number of Topliss-reactive ketones (excluding diaryl/α,β-unsaturated/α-hetero) is 1. The van der Waals surface area contributed by atoms with Gasteiger partial charge in [0.25, 0.3) is 0 Å². The molecule has 0 aromatic carbocycles. The van der Waals surface area contributed by atoms with Crippen LogP contribution in [-0.4, -0.2) is 66.7 Å². The monoisotopic (exact) mass is 488 g/mol. The van der Waals surface area contributed by atoms with Crippen LogP contribution in [0.4, 0.5) is 14.9 Å². The topological polar surface area (TPSA) is 141 Å². The molecule has 4 aromatic heterocycles. The minimum atomic E-state index is -1.32. The summed E-state index contributed by atoms with van der Waals surface area (Å²) in [6.07, 6.45) is 0.816. The largest absolute Gasteiger partial charge is 0.465 e. The van der Waals surface area contributed by atoms with Gasteiger partial charge >= 0.3 is 6.09 Å². The molecule has 5 heterocycles. The lowest BCUT2D eigenvalue weighted by Gasteiger charge is -2.18. The van der Waals surface area contributed by atoms with Crippen LogP contribution < -0.4 is 10.2 Å². The van der Waals surface area contributed by atoms with Gasteiger partial charge in [0, 0.05) is 17.8 Å². The van der Waals surface area contributed by atoms with Crippen molar-refractivity contribution in [2.75, 3.05) is 18.0 Å². The number of amides is 1. The second-order valence-electron chi connectivity index (χ2n) is 8.57. The molecule has 5 rings (SSSR count). The number of carboxylic acid groups (broad SMARTS) is 1. The van der Waals surface area contributed by atoms with Gasteiger partial charge in [-0.2, -0.15) is 15.5 Å². The van der Waals surface area contributed by atoms with E-state index in [1.807, 2.05) is 18.2 Å². The molecular formula is C24H21FN8O3. The van der Waals surface area contributed by atoms with Gasteiger partial charge in [-0.05, 0) is 44.2 Å². The molecule has 11 nitrogen and oxygen atoms in total. The van der Waals surface area contributed by atoms with E-state index >= 15 is 0 Å². The summed E-state index contributed by atoms with van der Waals surface area (Å²) < 4.78 is 17.4. The summed E-state index contributed by atoms with van der Waals surface area (Å²) in [5, 5.41) is 29.0. The first-order valence-corrected chi connectivity index (χ1v) is 11.1. The van der Waals surface area contributed by atoms with Crippen LogP contribution in [-0.2, 0) is 0 Å². The number of aryl methyl sites for hydroxylation is 1. The van der Waals surface area contributed by atoms with E-state index in [1.54, 1.807) is 46.9 Å². The molecule has 1 fully saturated rings. The molecule has 36 heavy (non-hydrogen) atoms. The first kappa shape index (κ1) is 23.0. The van der Waals surface area contributed by atoms with E-state index in [-0.39, 0.29) is 24.6 Å². The summed E-state index contributed by atoms with van der Waals surface area (Å²) in [5.41, 5.74) is 3.95. The van der Waals surface area contributed by atoms with Gasteiger partial charge in [-0.25, -0.2) is 23.4 Å². The summed E-state index contributed by atoms with van der Waals surface area (Å²) in [5.74, 6) is 0.132. The number of nitriles is 1. The van der Waals surface area contributed by atoms with Crippen molar-refractivity contribution in [2.24, 2.45) is 0 Å². The van der Waals surface area contributed by atoms with Crippen LogP contribution in [0.3, 0.4) is 0 Å². The summed E-state index contributed by atoms with van der Waals surface area (Å²) in [4.78, 5) is 29.7. The van der Waals surface area contributed by atoms with Crippen LogP contribution in [0.1, 0.15) is 28.7 Å². The third kappa shape index (κ3) is 4.00. The van der Waals surface area contributed by atoms with E-state index in [1.165, 1.54) is 11.6 Å². The number of fused-ring (bicyclic) bond motifs is 1. The van der Waals surface area contributed by atoms with Gasteiger partial charge in [0.1, 0.15) is 12.2 Å². The summed E-state index contributed by atoms with van der Waals surface area (Å²) in [7, 11) is 0. The van der Waals surface area contributed by atoms with Crippen molar-refractivity contribution in [3.63, 3.8) is 0 Å². The highest BCUT2D eigenvalue weighted by atomic mass is 19.1. The highest BCUT2D eigenvalue weighted by Crippen LogP contribution is 2.29. The van der Waals surface area contributed by atoms with Crippen molar-refractivity contribution in [1.82, 2.24) is 29.7 Å². The van der Waals surface area contributed by atoms with Crippen LogP contribution in [0.2, 0.25) is 0 Å². The van der Waals surface area contributed by atoms with Crippen molar-refractivity contribution in [2.45, 2.75) is 26.1 Å². The highest BCUT2D eigenvalue weighted by molar-refractivity contribution is 5.97. The Kier molecular flexibility index (Phi) is 5.60. The Labute approximate surface area is 204 Å². The van der Waals surface area contributed by atoms with E-state index in [0.717, 1.165) is 5.52 Å². The number of halogens is 1. The molecule has 12 heteroatoms. The van der Waals surface area contributed by atoms with Gasteiger partial charge in [-0.3, -0.25) is 4.79 Å². The van der Waals surface area contributed by atoms with E-state index in [0.29, 0.717) is 34.0 Å². The highest BCUT2D eigenvalue weighted by Gasteiger charge is 2.34. The Hall–Kier alpha value is -4.79. The number of hydrogen-bond acceptors (Lipinski definition) is 7.